The molecule has 2 saturated heterocycles. The first-order chi connectivity index (χ1) is 11.2. The summed E-state index contributed by atoms with van der Waals surface area (Å²) < 4.78 is 16.5. The Hall–Kier alpha value is -2.26. The molecular formula is C14H18N6O3. The molecule has 23 heavy (non-hydrogen) atoms. The van der Waals surface area contributed by atoms with Gasteiger partial charge < -0.3 is 24.2 Å². The Kier molecular flexibility index (Phi) is 3.58. The fourth-order valence-electron chi connectivity index (χ4n) is 2.88. The van der Waals surface area contributed by atoms with Crippen molar-refractivity contribution in [1.29, 1.82) is 0 Å². The highest BCUT2D eigenvalue weighted by Gasteiger charge is 2.40. The van der Waals surface area contributed by atoms with Crippen molar-refractivity contribution in [3.05, 3.63) is 18.0 Å². The van der Waals surface area contributed by atoms with Crippen molar-refractivity contribution >= 4 is 17.6 Å². The molecule has 1 spiro atoms. The van der Waals surface area contributed by atoms with Crippen LogP contribution in [0, 0.1) is 6.92 Å². The van der Waals surface area contributed by atoms with E-state index in [0.29, 0.717) is 30.8 Å². The van der Waals surface area contributed by atoms with Crippen LogP contribution in [-0.4, -0.2) is 52.4 Å². The predicted octanol–water partition coefficient (Wildman–Crippen LogP) is 1.25. The normalized spacial score (nSPS) is 20.1. The van der Waals surface area contributed by atoms with Crippen LogP contribution < -0.4 is 10.2 Å². The van der Waals surface area contributed by atoms with Crippen LogP contribution >= 0.6 is 0 Å². The van der Waals surface area contributed by atoms with Gasteiger partial charge in [0.15, 0.2) is 17.4 Å². The standard InChI is InChI=1S/C14H18N6O3/c1-10-8-11(19-23-10)16-12-9-15-18-13(17-12)20-4-2-14(3-5-20)21-6-7-22-14/h8-9H,2-7H2,1H3,(H,16,17,18,19). The molecule has 2 aromatic rings. The molecule has 9 nitrogen and oxygen atoms in total. The van der Waals surface area contributed by atoms with Gasteiger partial charge in [0.05, 0.1) is 19.4 Å². The molecule has 2 aromatic heterocycles. The fraction of sp³-hybridized carbons (Fsp3) is 0.571. The van der Waals surface area contributed by atoms with E-state index in [0.717, 1.165) is 31.7 Å². The highest BCUT2D eigenvalue weighted by molar-refractivity contribution is 5.51. The van der Waals surface area contributed by atoms with Crippen molar-refractivity contribution in [2.75, 3.05) is 36.5 Å². The van der Waals surface area contributed by atoms with Gasteiger partial charge in [-0.05, 0) is 6.92 Å². The summed E-state index contributed by atoms with van der Waals surface area (Å²) in [7, 11) is 0. The van der Waals surface area contributed by atoms with Crippen LogP contribution in [0.2, 0.25) is 0 Å². The Balaban J connectivity index is 1.44. The third kappa shape index (κ3) is 2.97. The Morgan fingerprint density at radius 3 is 2.65 bits per heavy atom. The van der Waals surface area contributed by atoms with Gasteiger partial charge in [-0.15, -0.1) is 5.10 Å². The summed E-state index contributed by atoms with van der Waals surface area (Å²) >= 11 is 0. The zero-order valence-corrected chi connectivity index (χ0v) is 12.9. The lowest BCUT2D eigenvalue weighted by molar-refractivity contribution is -0.169. The van der Waals surface area contributed by atoms with Gasteiger partial charge in [0.2, 0.25) is 5.95 Å². The smallest absolute Gasteiger partial charge is 0.247 e. The Morgan fingerprint density at radius 2 is 1.96 bits per heavy atom. The molecule has 2 aliphatic rings. The highest BCUT2D eigenvalue weighted by Crippen LogP contribution is 2.32. The van der Waals surface area contributed by atoms with E-state index < -0.39 is 5.79 Å². The predicted molar refractivity (Wildman–Crippen MR) is 80.4 cm³/mol. The summed E-state index contributed by atoms with van der Waals surface area (Å²) in [6.45, 7) is 4.73. The van der Waals surface area contributed by atoms with E-state index in [1.165, 1.54) is 0 Å². The summed E-state index contributed by atoms with van der Waals surface area (Å²) in [6.07, 6.45) is 3.16. The van der Waals surface area contributed by atoms with Crippen LogP contribution in [0.15, 0.2) is 16.8 Å². The second-order valence-electron chi connectivity index (χ2n) is 5.68. The molecule has 0 aliphatic carbocycles. The lowest BCUT2D eigenvalue weighted by Gasteiger charge is -2.37. The van der Waals surface area contributed by atoms with E-state index >= 15 is 0 Å². The third-order valence-corrected chi connectivity index (χ3v) is 4.05. The number of ether oxygens (including phenoxy) is 2. The molecule has 2 fully saturated rings. The molecule has 122 valence electrons. The SMILES string of the molecule is Cc1cc(Nc2cnnc(N3CCC4(CC3)OCCO4)n2)no1. The van der Waals surface area contributed by atoms with Crippen molar-refractivity contribution in [3.63, 3.8) is 0 Å². The molecule has 0 saturated carbocycles. The number of piperidine rings is 1. The first-order valence-electron chi connectivity index (χ1n) is 7.65. The number of aromatic nitrogens is 4. The van der Waals surface area contributed by atoms with E-state index in [2.05, 4.69) is 30.6 Å². The molecule has 4 rings (SSSR count). The lowest BCUT2D eigenvalue weighted by atomic mass is 10.0. The second kappa shape index (κ2) is 5.74. The number of rotatable bonds is 3. The molecule has 0 amide bonds. The summed E-state index contributed by atoms with van der Waals surface area (Å²) in [5.74, 6) is 2.09. The highest BCUT2D eigenvalue weighted by atomic mass is 16.7. The number of hydrogen-bond donors (Lipinski definition) is 1. The molecule has 2 aliphatic heterocycles. The Labute approximate surface area is 133 Å². The average Bonchev–Trinajstić information content (AvgIpc) is 3.18. The summed E-state index contributed by atoms with van der Waals surface area (Å²) in [5.41, 5.74) is 0. The average molecular weight is 318 g/mol. The third-order valence-electron chi connectivity index (χ3n) is 4.05. The zero-order valence-electron chi connectivity index (χ0n) is 12.9. The Bertz CT molecular complexity index is 675. The molecule has 0 aromatic carbocycles. The maximum absolute atomic E-state index is 5.73. The van der Waals surface area contributed by atoms with E-state index in [9.17, 15) is 0 Å². The van der Waals surface area contributed by atoms with Gasteiger partial charge in [0, 0.05) is 32.0 Å². The molecule has 0 bridgehead atoms. The lowest BCUT2D eigenvalue weighted by Crippen LogP contribution is -2.45. The van der Waals surface area contributed by atoms with Crippen molar-refractivity contribution in [3.8, 4) is 0 Å². The maximum Gasteiger partial charge on any atom is 0.247 e. The van der Waals surface area contributed by atoms with Gasteiger partial charge >= 0.3 is 0 Å². The van der Waals surface area contributed by atoms with Gasteiger partial charge in [-0.2, -0.15) is 10.1 Å². The summed E-state index contributed by atoms with van der Waals surface area (Å²) in [6, 6.07) is 1.79. The number of hydrogen-bond acceptors (Lipinski definition) is 9. The van der Waals surface area contributed by atoms with Crippen molar-refractivity contribution in [1.82, 2.24) is 20.3 Å². The van der Waals surface area contributed by atoms with E-state index in [-0.39, 0.29) is 0 Å². The Morgan fingerprint density at radius 1 is 1.17 bits per heavy atom. The van der Waals surface area contributed by atoms with Gasteiger partial charge in [0.25, 0.3) is 0 Å². The van der Waals surface area contributed by atoms with Gasteiger partial charge in [-0.25, -0.2) is 0 Å². The molecule has 0 atom stereocenters. The number of nitrogens with one attached hydrogen (secondary N) is 1. The van der Waals surface area contributed by atoms with Gasteiger partial charge in [-0.3, -0.25) is 0 Å². The quantitative estimate of drug-likeness (QED) is 0.896. The van der Waals surface area contributed by atoms with E-state index in [1.54, 1.807) is 12.3 Å². The molecule has 9 heteroatoms. The molecule has 1 N–H and O–H groups in total. The number of nitrogens with zero attached hydrogens (tertiary/aromatic N) is 5. The minimum atomic E-state index is -0.405. The second-order valence-corrected chi connectivity index (χ2v) is 5.68. The first kappa shape index (κ1) is 14.3. The van der Waals surface area contributed by atoms with Crippen molar-refractivity contribution in [2.45, 2.75) is 25.6 Å². The molecule has 4 heterocycles. The summed E-state index contributed by atoms with van der Waals surface area (Å²) in [4.78, 5) is 6.58. The van der Waals surface area contributed by atoms with Crippen LogP contribution in [-0.2, 0) is 9.47 Å². The number of anilines is 3. The maximum atomic E-state index is 5.73. The largest absolute Gasteiger partial charge is 0.360 e. The van der Waals surface area contributed by atoms with Crippen LogP contribution in [0.25, 0.3) is 0 Å². The molecule has 0 unspecified atom stereocenters. The van der Waals surface area contributed by atoms with Gasteiger partial charge in [0.1, 0.15) is 5.76 Å². The van der Waals surface area contributed by atoms with Crippen LogP contribution in [0.5, 0.6) is 0 Å². The monoisotopic (exact) mass is 318 g/mol. The minimum Gasteiger partial charge on any atom is -0.360 e. The van der Waals surface area contributed by atoms with Crippen LogP contribution in [0.1, 0.15) is 18.6 Å². The van der Waals surface area contributed by atoms with Crippen LogP contribution in [0.3, 0.4) is 0 Å². The first-order valence-corrected chi connectivity index (χ1v) is 7.65. The molecular weight excluding hydrogens is 300 g/mol. The summed E-state index contributed by atoms with van der Waals surface area (Å²) in [5, 5.41) is 15.1. The van der Waals surface area contributed by atoms with Gasteiger partial charge in [-0.1, -0.05) is 5.16 Å². The molecule has 0 radical (unpaired) electrons. The van der Waals surface area contributed by atoms with Crippen LogP contribution in [0.4, 0.5) is 17.6 Å². The van der Waals surface area contributed by atoms with E-state index in [1.807, 2.05) is 6.92 Å². The topological polar surface area (TPSA) is 98.4 Å². The number of aryl methyl sites for hydroxylation is 1. The fourth-order valence-corrected chi connectivity index (χ4v) is 2.88. The van der Waals surface area contributed by atoms with E-state index in [4.69, 9.17) is 14.0 Å². The minimum absolute atomic E-state index is 0.405. The van der Waals surface area contributed by atoms with Crippen molar-refractivity contribution in [2.24, 2.45) is 0 Å². The zero-order chi connectivity index (χ0) is 15.7. The van der Waals surface area contributed by atoms with Crippen molar-refractivity contribution < 1.29 is 14.0 Å².